The average Bonchev–Trinajstić information content (AvgIpc) is 2.51. The van der Waals surface area contributed by atoms with E-state index in [0.29, 0.717) is 23.3 Å². The number of carbonyl (C=O) groups is 1. The van der Waals surface area contributed by atoms with Gasteiger partial charge in [-0.3, -0.25) is 4.79 Å². The summed E-state index contributed by atoms with van der Waals surface area (Å²) < 4.78 is 0. The van der Waals surface area contributed by atoms with Gasteiger partial charge >= 0.3 is 0 Å². The van der Waals surface area contributed by atoms with Crippen LogP contribution in [-0.4, -0.2) is 11.9 Å². The Morgan fingerprint density at radius 3 is 2.05 bits per heavy atom. The van der Waals surface area contributed by atoms with Crippen molar-refractivity contribution in [1.29, 1.82) is 0 Å². The van der Waals surface area contributed by atoms with Crippen LogP contribution in [-0.2, 0) is 4.79 Å². The van der Waals surface area contributed by atoms with E-state index in [4.69, 9.17) is 0 Å². The summed E-state index contributed by atoms with van der Waals surface area (Å²) in [4.78, 5) is 12.7. The van der Waals surface area contributed by atoms with Crippen molar-refractivity contribution in [2.45, 2.75) is 90.0 Å². The number of hydrogen-bond donors (Lipinski definition) is 1. The first-order chi connectivity index (χ1) is 10.7. The molecule has 0 aliphatic heterocycles. The van der Waals surface area contributed by atoms with Crippen LogP contribution in [0.3, 0.4) is 0 Å². The molecule has 2 nitrogen and oxygen atoms in total. The molecule has 2 heteroatoms. The number of hydrogen-bond acceptors (Lipinski definition) is 1. The smallest absolute Gasteiger partial charge is 0.223 e. The van der Waals surface area contributed by atoms with Gasteiger partial charge < -0.3 is 5.32 Å². The van der Waals surface area contributed by atoms with E-state index in [1.54, 1.807) is 0 Å². The van der Waals surface area contributed by atoms with Crippen molar-refractivity contribution in [2.24, 2.45) is 29.1 Å². The van der Waals surface area contributed by atoms with Crippen molar-refractivity contribution in [1.82, 2.24) is 5.32 Å². The number of carbonyl (C=O) groups excluding carboxylic acids is 1. The van der Waals surface area contributed by atoms with Gasteiger partial charge in [-0.1, -0.05) is 26.2 Å². The van der Waals surface area contributed by atoms with Gasteiger partial charge in [-0.25, -0.2) is 0 Å². The van der Waals surface area contributed by atoms with Crippen molar-refractivity contribution in [2.75, 3.05) is 0 Å². The van der Waals surface area contributed by atoms with E-state index >= 15 is 0 Å². The first kappa shape index (κ1) is 15.0. The Labute approximate surface area is 135 Å². The molecular weight excluding hydrogens is 270 g/mol. The Morgan fingerprint density at radius 1 is 1.00 bits per heavy atom. The van der Waals surface area contributed by atoms with Crippen LogP contribution in [0.4, 0.5) is 0 Å². The lowest BCUT2D eigenvalue weighted by Crippen LogP contribution is -2.57. The second-order valence-corrected chi connectivity index (χ2v) is 9.08. The average molecular weight is 303 g/mol. The van der Waals surface area contributed by atoms with Gasteiger partial charge in [-0.2, -0.15) is 0 Å². The third-order valence-corrected chi connectivity index (χ3v) is 7.53. The largest absolute Gasteiger partial charge is 0.353 e. The molecule has 0 aromatic carbocycles. The minimum absolute atomic E-state index is 0.316. The van der Waals surface area contributed by atoms with Gasteiger partial charge in [-0.15, -0.1) is 0 Å². The highest BCUT2D eigenvalue weighted by Gasteiger charge is 2.54. The van der Waals surface area contributed by atoms with E-state index in [1.807, 2.05) is 0 Å². The molecule has 5 aliphatic rings. The van der Waals surface area contributed by atoms with Crippen LogP contribution >= 0.6 is 0 Å². The molecule has 5 saturated carbocycles. The molecule has 22 heavy (non-hydrogen) atoms. The van der Waals surface area contributed by atoms with Gasteiger partial charge in [0, 0.05) is 12.0 Å². The van der Waals surface area contributed by atoms with E-state index in [1.165, 1.54) is 57.8 Å². The lowest BCUT2D eigenvalue weighted by molar-refractivity contribution is -0.131. The molecular formula is C20H33NO. The molecule has 5 fully saturated rings. The zero-order chi connectivity index (χ0) is 15.2. The van der Waals surface area contributed by atoms with Crippen molar-refractivity contribution in [3.63, 3.8) is 0 Å². The zero-order valence-corrected chi connectivity index (χ0v) is 14.3. The van der Waals surface area contributed by atoms with Gasteiger partial charge in [0.25, 0.3) is 0 Å². The summed E-state index contributed by atoms with van der Waals surface area (Å²) in [5.41, 5.74) is 0.466. The first-order valence-electron chi connectivity index (χ1n) is 9.99. The van der Waals surface area contributed by atoms with E-state index in [0.717, 1.165) is 37.0 Å². The maximum absolute atomic E-state index is 12.7. The van der Waals surface area contributed by atoms with Crippen molar-refractivity contribution in [3.05, 3.63) is 0 Å². The summed E-state index contributed by atoms with van der Waals surface area (Å²) in [5.74, 6) is 3.64. The van der Waals surface area contributed by atoms with Crippen LogP contribution in [0.25, 0.3) is 0 Å². The maximum atomic E-state index is 12.7. The summed E-state index contributed by atoms with van der Waals surface area (Å²) in [5, 5.41) is 3.55. The van der Waals surface area contributed by atoms with Crippen LogP contribution in [0.15, 0.2) is 0 Å². The van der Waals surface area contributed by atoms with Crippen LogP contribution in [0.5, 0.6) is 0 Å². The predicted molar refractivity (Wildman–Crippen MR) is 89.4 cm³/mol. The number of rotatable bonds is 4. The first-order valence-corrected chi connectivity index (χ1v) is 9.99. The Kier molecular flexibility index (Phi) is 3.98. The van der Waals surface area contributed by atoms with Crippen LogP contribution in [0, 0.1) is 29.1 Å². The summed E-state index contributed by atoms with van der Waals surface area (Å²) >= 11 is 0. The Hall–Kier alpha value is -0.530. The van der Waals surface area contributed by atoms with Crippen molar-refractivity contribution >= 4 is 5.91 Å². The normalized spacial score (nSPS) is 42.3. The molecule has 5 rings (SSSR count). The second-order valence-electron chi connectivity index (χ2n) is 9.08. The van der Waals surface area contributed by atoms with E-state index < -0.39 is 0 Å². The molecule has 4 bridgehead atoms. The van der Waals surface area contributed by atoms with Crippen LogP contribution in [0.1, 0.15) is 84.0 Å². The van der Waals surface area contributed by atoms with E-state index in [9.17, 15) is 4.79 Å². The minimum Gasteiger partial charge on any atom is -0.353 e. The van der Waals surface area contributed by atoms with Gasteiger partial charge in [-0.05, 0) is 81.0 Å². The summed E-state index contributed by atoms with van der Waals surface area (Å²) in [6.45, 7) is 2.30. The lowest BCUT2D eigenvalue weighted by Gasteiger charge is -2.59. The molecule has 0 spiro atoms. The molecule has 0 aromatic rings. The number of amides is 1. The third kappa shape index (κ3) is 2.61. The fourth-order valence-corrected chi connectivity index (χ4v) is 6.95. The summed E-state index contributed by atoms with van der Waals surface area (Å²) in [7, 11) is 0. The monoisotopic (exact) mass is 303 g/mol. The molecule has 0 aromatic heterocycles. The highest BCUT2D eigenvalue weighted by atomic mass is 16.1. The van der Waals surface area contributed by atoms with Gasteiger partial charge in [0.1, 0.15) is 0 Å². The highest BCUT2D eigenvalue weighted by Crippen LogP contribution is 2.61. The fraction of sp³-hybridized carbons (Fsp3) is 0.950. The topological polar surface area (TPSA) is 29.1 Å². The van der Waals surface area contributed by atoms with E-state index in [-0.39, 0.29) is 0 Å². The molecule has 1 atom stereocenters. The van der Waals surface area contributed by atoms with Crippen molar-refractivity contribution < 1.29 is 4.79 Å². The molecule has 0 unspecified atom stereocenters. The third-order valence-electron chi connectivity index (χ3n) is 7.53. The number of nitrogens with one attached hydrogen (secondary N) is 1. The van der Waals surface area contributed by atoms with E-state index in [2.05, 4.69) is 12.2 Å². The second kappa shape index (κ2) is 5.83. The lowest BCUT2D eigenvalue weighted by atomic mass is 9.47. The van der Waals surface area contributed by atoms with Gasteiger partial charge in [0.15, 0.2) is 0 Å². The van der Waals surface area contributed by atoms with Crippen LogP contribution < -0.4 is 5.32 Å². The van der Waals surface area contributed by atoms with Crippen molar-refractivity contribution in [3.8, 4) is 0 Å². The quantitative estimate of drug-likeness (QED) is 0.803. The Bertz CT molecular complexity index is 388. The highest BCUT2D eigenvalue weighted by molar-refractivity contribution is 5.79. The standard InChI is InChI=1S/C20H33NO/c1-2-18(21-19(22)17-6-4-3-5-7-17)20-11-14-8-15(12-20)10-16(9-14)13-20/h14-18H,2-13H2,1H3,(H,21,22)/t14?,15?,16?,18-,20?/m1/s1. The molecule has 124 valence electrons. The van der Waals surface area contributed by atoms with Gasteiger partial charge in [0.05, 0.1) is 0 Å². The molecule has 1 N–H and O–H groups in total. The zero-order valence-electron chi connectivity index (χ0n) is 14.3. The SMILES string of the molecule is CC[C@@H](NC(=O)C1CCCCC1)C12CC3CC(CC(C3)C1)C2. The summed E-state index contributed by atoms with van der Waals surface area (Å²) in [6, 6.07) is 0.454. The Morgan fingerprint density at radius 2 is 1.55 bits per heavy atom. The molecule has 5 aliphatic carbocycles. The summed E-state index contributed by atoms with van der Waals surface area (Å²) in [6.07, 6.45) is 15.9. The maximum Gasteiger partial charge on any atom is 0.223 e. The van der Waals surface area contributed by atoms with Crippen LogP contribution in [0.2, 0.25) is 0 Å². The predicted octanol–water partition coefficient (Wildman–Crippen LogP) is 4.68. The Balaban J connectivity index is 1.46. The fourth-order valence-electron chi connectivity index (χ4n) is 6.95. The molecule has 0 saturated heterocycles. The molecule has 0 heterocycles. The molecule has 0 radical (unpaired) electrons. The van der Waals surface area contributed by atoms with Gasteiger partial charge in [0.2, 0.25) is 5.91 Å². The molecule has 1 amide bonds. The minimum atomic E-state index is 0.316.